The predicted molar refractivity (Wildman–Crippen MR) is 54.2 cm³/mol. The van der Waals surface area contributed by atoms with E-state index in [0.717, 1.165) is 11.0 Å². The summed E-state index contributed by atoms with van der Waals surface area (Å²) in [5, 5.41) is 0.752. The van der Waals surface area contributed by atoms with Gasteiger partial charge in [-0.05, 0) is 11.6 Å². The van der Waals surface area contributed by atoms with Gasteiger partial charge in [0.1, 0.15) is 0 Å². The molecule has 0 radical (unpaired) electrons. The van der Waals surface area contributed by atoms with E-state index in [4.69, 9.17) is 4.55 Å². The van der Waals surface area contributed by atoms with E-state index in [1.165, 1.54) is 6.08 Å². The Bertz CT molecular complexity index is 370. The fourth-order valence-electron chi connectivity index (χ4n) is 0.729. The molecule has 0 amide bonds. The number of hydrogen-bond donors (Lipinski definition) is 1. The van der Waals surface area contributed by atoms with Gasteiger partial charge in [0, 0.05) is 0 Å². The third-order valence-corrected chi connectivity index (χ3v) is 1.71. The molecule has 5 heteroatoms. The van der Waals surface area contributed by atoms with Gasteiger partial charge in [-0.2, -0.15) is 8.42 Å². The van der Waals surface area contributed by atoms with Crippen LogP contribution >= 0.6 is 0 Å². The molecule has 0 unspecified atom stereocenters. The molecule has 13 heavy (non-hydrogen) atoms. The first-order valence-corrected chi connectivity index (χ1v) is 4.79. The van der Waals surface area contributed by atoms with Crippen molar-refractivity contribution in [1.82, 2.24) is 0 Å². The first-order valence-electron chi connectivity index (χ1n) is 3.28. The van der Waals surface area contributed by atoms with E-state index in [-0.39, 0.29) is 18.9 Å². The van der Waals surface area contributed by atoms with Crippen molar-refractivity contribution in [3.05, 3.63) is 41.3 Å². The first kappa shape index (κ1) is 12.5. The van der Waals surface area contributed by atoms with Crippen molar-refractivity contribution in [2.75, 3.05) is 0 Å². The molecule has 0 fully saturated rings. The molecule has 0 aliphatic rings. The van der Waals surface area contributed by atoms with Crippen LogP contribution in [0.5, 0.6) is 0 Å². The topological polar surface area (TPSA) is 54.4 Å². The Hall–Kier alpha value is -0.533. The molecule has 0 spiro atoms. The Kier molecular flexibility index (Phi) is 5.04. The van der Waals surface area contributed by atoms with Gasteiger partial charge in [0.25, 0.3) is 10.1 Å². The summed E-state index contributed by atoms with van der Waals surface area (Å²) in [6, 6.07) is 8.86. The van der Waals surface area contributed by atoms with Gasteiger partial charge in [-0.3, -0.25) is 4.55 Å². The van der Waals surface area contributed by atoms with Gasteiger partial charge >= 0.3 is 18.9 Å². The van der Waals surface area contributed by atoms with Gasteiger partial charge in [-0.25, -0.2) is 0 Å². The molecule has 0 saturated heterocycles. The predicted octanol–water partition coefficient (Wildman–Crippen LogP) is 0.897. The van der Waals surface area contributed by atoms with Gasteiger partial charge in [0.05, 0.1) is 5.41 Å². The fraction of sp³-hybridized carbons (Fsp3) is 0. The Morgan fingerprint density at radius 3 is 2.15 bits per heavy atom. The van der Waals surface area contributed by atoms with Gasteiger partial charge in [-0.15, -0.1) is 0 Å². The summed E-state index contributed by atoms with van der Waals surface area (Å²) in [7, 11) is -4.00. The van der Waals surface area contributed by atoms with E-state index in [1.807, 2.05) is 6.07 Å². The van der Waals surface area contributed by atoms with E-state index in [0.29, 0.717) is 0 Å². The Morgan fingerprint density at radius 2 is 1.69 bits per heavy atom. The second-order valence-electron chi connectivity index (χ2n) is 2.23. The molecule has 1 rings (SSSR count). The van der Waals surface area contributed by atoms with Crippen LogP contribution in [0.4, 0.5) is 0 Å². The summed E-state index contributed by atoms with van der Waals surface area (Å²) in [5.74, 6) is 0. The van der Waals surface area contributed by atoms with Crippen molar-refractivity contribution in [1.29, 1.82) is 0 Å². The second-order valence-corrected chi connectivity index (χ2v) is 3.53. The fourth-order valence-corrected chi connectivity index (χ4v) is 1.06. The summed E-state index contributed by atoms with van der Waals surface area (Å²) >= 11 is 0. The molecule has 1 N–H and O–H groups in total. The monoisotopic (exact) mass is 192 g/mol. The number of hydrogen-bond acceptors (Lipinski definition) is 2. The molecule has 1 aromatic carbocycles. The van der Waals surface area contributed by atoms with Crippen LogP contribution in [0.15, 0.2) is 35.7 Å². The zero-order valence-electron chi connectivity index (χ0n) is 6.21. The zero-order chi connectivity index (χ0) is 9.03. The molecule has 0 bridgehead atoms. The Labute approximate surface area is 89.4 Å². The van der Waals surface area contributed by atoms with Crippen LogP contribution in [0.3, 0.4) is 0 Å². The number of rotatable bonds is 2. The Balaban J connectivity index is 0.00000144. The van der Waals surface area contributed by atoms with Gasteiger partial charge in [0.15, 0.2) is 0 Å². The summed E-state index contributed by atoms with van der Waals surface area (Å²) < 4.78 is 28.9. The molecule has 66 valence electrons. The van der Waals surface area contributed by atoms with Crippen LogP contribution in [-0.4, -0.2) is 31.8 Å². The van der Waals surface area contributed by atoms with E-state index >= 15 is 0 Å². The third kappa shape index (κ3) is 5.67. The van der Waals surface area contributed by atoms with Gasteiger partial charge in [-0.1, -0.05) is 30.3 Å². The van der Waals surface area contributed by atoms with E-state index in [9.17, 15) is 8.42 Å². The summed E-state index contributed by atoms with van der Waals surface area (Å²) in [4.78, 5) is 0. The zero-order valence-corrected chi connectivity index (χ0v) is 7.03. The molecule has 0 atom stereocenters. The van der Waals surface area contributed by atoms with Crippen LogP contribution in [0, 0.1) is 0 Å². The van der Waals surface area contributed by atoms with Crippen LogP contribution in [0.1, 0.15) is 5.56 Å². The third-order valence-electron chi connectivity index (χ3n) is 1.23. The van der Waals surface area contributed by atoms with Gasteiger partial charge < -0.3 is 0 Å². The van der Waals surface area contributed by atoms with E-state index in [2.05, 4.69) is 0 Å². The van der Waals surface area contributed by atoms with Crippen molar-refractivity contribution in [2.24, 2.45) is 0 Å². The van der Waals surface area contributed by atoms with Crippen LogP contribution in [-0.2, 0) is 10.1 Å². The van der Waals surface area contributed by atoms with Crippen LogP contribution < -0.4 is 0 Å². The van der Waals surface area contributed by atoms with Crippen molar-refractivity contribution < 1.29 is 13.0 Å². The summed E-state index contributed by atoms with van der Waals surface area (Å²) in [6.45, 7) is 0. The molecule has 0 aromatic heterocycles. The van der Waals surface area contributed by atoms with Crippen molar-refractivity contribution in [3.8, 4) is 0 Å². The molecule has 3 nitrogen and oxygen atoms in total. The van der Waals surface area contributed by atoms with Crippen LogP contribution in [0.25, 0.3) is 6.08 Å². The van der Waals surface area contributed by atoms with Crippen molar-refractivity contribution in [2.45, 2.75) is 0 Å². The van der Waals surface area contributed by atoms with Crippen molar-refractivity contribution >= 4 is 35.1 Å². The molecule has 0 aliphatic carbocycles. The minimum atomic E-state index is -4.00. The molecular weight excluding hydrogens is 183 g/mol. The van der Waals surface area contributed by atoms with Crippen LogP contribution in [0.2, 0.25) is 0 Å². The summed E-state index contributed by atoms with van der Waals surface area (Å²) in [6.07, 6.45) is 1.33. The van der Waals surface area contributed by atoms with E-state index < -0.39 is 10.1 Å². The SMILES string of the molecule is O=S(=O)(O)C=Cc1ccccc1.[LiH]. The maximum atomic E-state index is 10.3. The summed E-state index contributed by atoms with van der Waals surface area (Å²) in [5.41, 5.74) is 0.732. The molecule has 0 heterocycles. The first-order chi connectivity index (χ1) is 5.58. The van der Waals surface area contributed by atoms with Gasteiger partial charge in [0.2, 0.25) is 0 Å². The molecule has 0 aliphatic heterocycles. The molecular formula is C8H9LiO3S. The quantitative estimate of drug-likeness (QED) is 0.559. The minimum absolute atomic E-state index is 0. The normalized spacial score (nSPS) is 11.2. The molecule has 1 aromatic rings. The van der Waals surface area contributed by atoms with Crippen molar-refractivity contribution in [3.63, 3.8) is 0 Å². The average Bonchev–Trinajstić information content (AvgIpc) is 2.02. The number of benzene rings is 1. The molecule has 0 saturated carbocycles. The average molecular weight is 192 g/mol. The second kappa shape index (κ2) is 5.25. The van der Waals surface area contributed by atoms with E-state index in [1.54, 1.807) is 24.3 Å². The Morgan fingerprint density at radius 1 is 1.15 bits per heavy atom. The maximum absolute atomic E-state index is 10.3. The standard InChI is InChI=1S/C8H8O3S.Li.H/c9-12(10,11)7-6-8-4-2-1-3-5-8;;/h1-7H,(H,9,10,11);;.